The summed E-state index contributed by atoms with van der Waals surface area (Å²) in [4.78, 5) is 25.3. The average molecular weight is 413 g/mol. The number of fused-ring (bicyclic) bond motifs is 5. The second-order valence-corrected chi connectivity index (χ2v) is 12.4. The lowest BCUT2D eigenvalue weighted by molar-refractivity contribution is -0.159. The maximum Gasteiger partial charge on any atom is 0.137 e. The summed E-state index contributed by atoms with van der Waals surface area (Å²) >= 11 is 0. The van der Waals surface area contributed by atoms with E-state index in [4.69, 9.17) is 0 Å². The number of allylic oxidation sites excluding steroid dienone is 1. The highest BCUT2D eigenvalue weighted by atomic mass is 16.1. The third-order valence-corrected chi connectivity index (χ3v) is 10.8. The molecule has 4 aliphatic rings. The number of carbonyl (C=O) groups excluding carboxylic acids is 2. The van der Waals surface area contributed by atoms with E-state index in [-0.39, 0.29) is 11.3 Å². The molecule has 1 unspecified atom stereocenters. The van der Waals surface area contributed by atoms with E-state index in [1.54, 1.807) is 0 Å². The van der Waals surface area contributed by atoms with Crippen molar-refractivity contribution in [2.75, 3.05) is 0 Å². The van der Waals surface area contributed by atoms with Gasteiger partial charge in [0.2, 0.25) is 0 Å². The van der Waals surface area contributed by atoms with Gasteiger partial charge in [-0.05, 0) is 91.3 Å². The van der Waals surface area contributed by atoms with Crippen LogP contribution < -0.4 is 0 Å². The van der Waals surface area contributed by atoms with Gasteiger partial charge in [-0.2, -0.15) is 0 Å². The zero-order valence-electron chi connectivity index (χ0n) is 20.1. The van der Waals surface area contributed by atoms with Crippen LogP contribution in [0, 0.1) is 52.3 Å². The van der Waals surface area contributed by atoms with Crippen LogP contribution in [0.1, 0.15) is 98.8 Å². The van der Waals surface area contributed by atoms with E-state index < -0.39 is 0 Å². The van der Waals surface area contributed by atoms with Crippen molar-refractivity contribution in [1.29, 1.82) is 0 Å². The van der Waals surface area contributed by atoms with E-state index in [0.29, 0.717) is 53.5 Å². The molecule has 0 aliphatic heterocycles. The Bertz CT molecular complexity index is 720. The lowest BCUT2D eigenvalue weighted by Gasteiger charge is -2.59. The van der Waals surface area contributed by atoms with Crippen LogP contribution in [0.3, 0.4) is 0 Å². The Balaban J connectivity index is 1.51. The van der Waals surface area contributed by atoms with Crippen molar-refractivity contribution in [2.45, 2.75) is 98.8 Å². The fourth-order valence-corrected chi connectivity index (χ4v) is 8.72. The molecule has 4 aliphatic carbocycles. The van der Waals surface area contributed by atoms with E-state index >= 15 is 0 Å². The first-order chi connectivity index (χ1) is 14.1. The summed E-state index contributed by atoms with van der Waals surface area (Å²) in [5.74, 6) is 4.79. The van der Waals surface area contributed by atoms with Gasteiger partial charge in [0.05, 0.1) is 0 Å². The summed E-state index contributed by atoms with van der Waals surface area (Å²) in [7, 11) is 0. The standard InChI is InChI=1S/C28H44O2/c1-17(2)18(3)7-8-19(4)22-9-10-23-21-16-26(30)25-15-20(29)11-13-28(25,6)24(21)12-14-27(22,23)5/h17,19,21-25H,3,7-16H2,1-2,4-6H3/t19?,21-,22+,23-,24-,25+,27+,28+/m0/s1. The molecule has 0 bridgehead atoms. The Hall–Kier alpha value is -0.920. The maximum absolute atomic E-state index is 13.2. The van der Waals surface area contributed by atoms with Crippen LogP contribution in [-0.2, 0) is 9.59 Å². The minimum Gasteiger partial charge on any atom is -0.300 e. The summed E-state index contributed by atoms with van der Waals surface area (Å²) in [5.41, 5.74) is 1.87. The molecule has 30 heavy (non-hydrogen) atoms. The first kappa shape index (κ1) is 22.3. The minimum absolute atomic E-state index is 0.0162. The molecule has 4 saturated carbocycles. The minimum atomic E-state index is 0.0162. The molecule has 2 heteroatoms. The summed E-state index contributed by atoms with van der Waals surface area (Å²) in [6.07, 6.45) is 10.6. The zero-order valence-corrected chi connectivity index (χ0v) is 20.1. The van der Waals surface area contributed by atoms with Gasteiger partial charge in [0, 0.05) is 25.2 Å². The number of hydrogen-bond donors (Lipinski definition) is 0. The van der Waals surface area contributed by atoms with Crippen molar-refractivity contribution in [3.63, 3.8) is 0 Å². The second-order valence-electron chi connectivity index (χ2n) is 12.4. The third kappa shape index (κ3) is 3.45. The number of ketones is 2. The van der Waals surface area contributed by atoms with Gasteiger partial charge in [-0.25, -0.2) is 0 Å². The van der Waals surface area contributed by atoms with Crippen LogP contribution in [0.25, 0.3) is 0 Å². The lowest BCUT2D eigenvalue weighted by atomic mass is 9.44. The Morgan fingerprint density at radius 2 is 1.70 bits per heavy atom. The van der Waals surface area contributed by atoms with Gasteiger partial charge in [0.25, 0.3) is 0 Å². The highest BCUT2D eigenvalue weighted by Gasteiger charge is 2.62. The molecule has 0 aromatic heterocycles. The maximum atomic E-state index is 13.2. The molecule has 0 aromatic rings. The van der Waals surface area contributed by atoms with Gasteiger partial charge in [0.15, 0.2) is 0 Å². The lowest BCUT2D eigenvalue weighted by Crippen LogP contribution is -2.56. The van der Waals surface area contributed by atoms with E-state index in [1.165, 1.54) is 37.7 Å². The van der Waals surface area contributed by atoms with Crippen LogP contribution in [-0.4, -0.2) is 11.6 Å². The number of Topliss-reactive ketones (excluding diaryl/α,β-unsaturated/α-hetero) is 2. The van der Waals surface area contributed by atoms with E-state index in [1.807, 2.05) is 0 Å². The summed E-state index contributed by atoms with van der Waals surface area (Å²) in [5, 5.41) is 0. The molecule has 0 saturated heterocycles. The molecule has 2 nitrogen and oxygen atoms in total. The first-order valence-corrected chi connectivity index (χ1v) is 12.8. The van der Waals surface area contributed by atoms with Crippen molar-refractivity contribution in [1.82, 2.24) is 0 Å². The monoisotopic (exact) mass is 412 g/mol. The van der Waals surface area contributed by atoms with Gasteiger partial charge in [-0.3, -0.25) is 9.59 Å². The summed E-state index contributed by atoms with van der Waals surface area (Å²) in [6.45, 7) is 16.2. The molecule has 0 heterocycles. The fraction of sp³-hybridized carbons (Fsp3) is 0.857. The van der Waals surface area contributed by atoms with Crippen LogP contribution in [0.2, 0.25) is 0 Å². The Kier molecular flexibility index (Phi) is 5.86. The largest absolute Gasteiger partial charge is 0.300 e. The first-order valence-electron chi connectivity index (χ1n) is 12.8. The van der Waals surface area contributed by atoms with Crippen LogP contribution in [0.4, 0.5) is 0 Å². The van der Waals surface area contributed by atoms with Gasteiger partial charge >= 0.3 is 0 Å². The predicted octanol–water partition coefficient (Wildman–Crippen LogP) is 7.02. The topological polar surface area (TPSA) is 34.1 Å². The average Bonchev–Trinajstić information content (AvgIpc) is 3.04. The van der Waals surface area contributed by atoms with E-state index in [9.17, 15) is 9.59 Å². The molecule has 0 radical (unpaired) electrons. The molecule has 0 N–H and O–H groups in total. The van der Waals surface area contributed by atoms with Crippen LogP contribution in [0.5, 0.6) is 0 Å². The Morgan fingerprint density at radius 1 is 1.00 bits per heavy atom. The quantitative estimate of drug-likeness (QED) is 0.455. The SMILES string of the molecule is C=C(CCC(C)[C@H]1CC[C@H]2[C@@H]3CC(=O)[C@H]4CC(=O)CC[C@]4(C)[C@H]3CC[C@]12C)C(C)C. The van der Waals surface area contributed by atoms with Crippen molar-refractivity contribution < 1.29 is 9.59 Å². The van der Waals surface area contributed by atoms with Crippen molar-refractivity contribution >= 4 is 11.6 Å². The normalized spacial score (nSPS) is 44.4. The smallest absolute Gasteiger partial charge is 0.137 e. The van der Waals surface area contributed by atoms with Crippen LogP contribution >= 0.6 is 0 Å². The molecular weight excluding hydrogens is 368 g/mol. The number of hydrogen-bond acceptors (Lipinski definition) is 2. The van der Waals surface area contributed by atoms with Crippen LogP contribution in [0.15, 0.2) is 12.2 Å². The highest BCUT2D eigenvalue weighted by Crippen LogP contribution is 2.67. The second kappa shape index (κ2) is 7.89. The van der Waals surface area contributed by atoms with E-state index in [2.05, 4.69) is 41.2 Å². The molecule has 4 rings (SSSR count). The fourth-order valence-electron chi connectivity index (χ4n) is 8.72. The molecule has 168 valence electrons. The van der Waals surface area contributed by atoms with Crippen molar-refractivity contribution in [3.8, 4) is 0 Å². The molecular formula is C28H44O2. The Labute approximate surface area is 184 Å². The van der Waals surface area contributed by atoms with Gasteiger partial charge in [0.1, 0.15) is 11.6 Å². The number of rotatable bonds is 5. The molecule has 0 spiro atoms. The van der Waals surface area contributed by atoms with Crippen molar-refractivity contribution in [3.05, 3.63) is 12.2 Å². The molecule has 0 amide bonds. The summed E-state index contributed by atoms with van der Waals surface area (Å²) < 4.78 is 0. The summed E-state index contributed by atoms with van der Waals surface area (Å²) in [6, 6.07) is 0. The zero-order chi connectivity index (χ0) is 21.8. The molecule has 0 aromatic carbocycles. The molecule has 4 fully saturated rings. The van der Waals surface area contributed by atoms with Gasteiger partial charge in [-0.15, -0.1) is 0 Å². The predicted molar refractivity (Wildman–Crippen MR) is 123 cm³/mol. The number of carbonyl (C=O) groups is 2. The molecule has 8 atom stereocenters. The third-order valence-electron chi connectivity index (χ3n) is 10.8. The van der Waals surface area contributed by atoms with Gasteiger partial charge < -0.3 is 0 Å². The van der Waals surface area contributed by atoms with Gasteiger partial charge in [-0.1, -0.05) is 46.8 Å². The van der Waals surface area contributed by atoms with E-state index in [0.717, 1.165) is 31.1 Å². The van der Waals surface area contributed by atoms with Crippen molar-refractivity contribution in [2.24, 2.45) is 52.3 Å². The highest BCUT2D eigenvalue weighted by molar-refractivity contribution is 5.90. The Morgan fingerprint density at radius 3 is 2.40 bits per heavy atom.